The van der Waals surface area contributed by atoms with E-state index in [0.29, 0.717) is 5.76 Å². The van der Waals surface area contributed by atoms with Gasteiger partial charge in [0, 0.05) is 23.8 Å². The monoisotopic (exact) mass is 343 g/mol. The Morgan fingerprint density at radius 1 is 1.23 bits per heavy atom. The van der Waals surface area contributed by atoms with Gasteiger partial charge < -0.3 is 15.1 Å². The average Bonchev–Trinajstić information content (AvgIpc) is 3.36. The van der Waals surface area contributed by atoms with Gasteiger partial charge in [0.25, 0.3) is 0 Å². The summed E-state index contributed by atoms with van der Waals surface area (Å²) >= 11 is 0. The molecular weight excluding hydrogens is 326 g/mol. The molecule has 0 fully saturated rings. The number of fused-ring (bicyclic) bond motifs is 2. The minimum absolute atomic E-state index is 0.707. The van der Waals surface area contributed by atoms with E-state index < -0.39 is 0 Å². The fourth-order valence-electron chi connectivity index (χ4n) is 3.51. The summed E-state index contributed by atoms with van der Waals surface area (Å²) in [6, 6.07) is 9.92. The van der Waals surface area contributed by atoms with Gasteiger partial charge in [-0.2, -0.15) is 0 Å². The third kappa shape index (κ3) is 2.23. The second-order valence-corrected chi connectivity index (χ2v) is 6.47. The molecule has 5 rings (SSSR count). The third-order valence-electron chi connectivity index (χ3n) is 4.81. The minimum atomic E-state index is 0.707. The van der Waals surface area contributed by atoms with Crippen molar-refractivity contribution in [2.24, 2.45) is 0 Å². The lowest BCUT2D eigenvalue weighted by Crippen LogP contribution is -1.99. The molecule has 26 heavy (non-hydrogen) atoms. The summed E-state index contributed by atoms with van der Waals surface area (Å²) in [5.41, 5.74) is 6.37. The smallest absolute Gasteiger partial charge is 0.160 e. The Balaban J connectivity index is 1.65. The molecule has 0 amide bonds. The molecule has 0 radical (unpaired) electrons. The molecule has 1 aliphatic rings. The predicted molar refractivity (Wildman–Crippen MR) is 100 cm³/mol. The quantitative estimate of drug-likeness (QED) is 0.579. The number of hydrogen-bond donors (Lipinski definition) is 2. The Kier molecular flexibility index (Phi) is 3.18. The van der Waals surface area contributed by atoms with Gasteiger partial charge >= 0.3 is 0 Å². The Morgan fingerprint density at radius 3 is 3.00 bits per heavy atom. The van der Waals surface area contributed by atoms with Gasteiger partial charge in [0.2, 0.25) is 0 Å². The number of aromatic nitrogens is 3. The molecular formula is C20H17N5O. The molecule has 1 aromatic carbocycles. The standard InChI is InChI=1S/C20H17N5O/c1-12-19-24-18(17-3-2-10-26-17)20(25(19)9-8-22-12)23-14-5-6-15-13(11-14)4-7-16(15)21/h2-3,5-6,8-11,21,23H,4,7H2,1H3. The van der Waals surface area contributed by atoms with Gasteiger partial charge in [0.1, 0.15) is 11.5 Å². The lowest BCUT2D eigenvalue weighted by molar-refractivity contribution is 0.581. The summed E-state index contributed by atoms with van der Waals surface area (Å²) in [4.78, 5) is 9.09. The molecule has 0 spiro atoms. The van der Waals surface area contributed by atoms with Crippen molar-refractivity contribution in [1.29, 1.82) is 5.41 Å². The highest BCUT2D eigenvalue weighted by Gasteiger charge is 2.20. The number of imidazole rings is 1. The van der Waals surface area contributed by atoms with Gasteiger partial charge in [0.05, 0.1) is 12.0 Å². The molecule has 0 unspecified atom stereocenters. The molecule has 2 N–H and O–H groups in total. The number of rotatable bonds is 3. The van der Waals surface area contributed by atoms with Gasteiger partial charge in [-0.05, 0) is 55.2 Å². The van der Waals surface area contributed by atoms with E-state index >= 15 is 0 Å². The number of nitrogens with one attached hydrogen (secondary N) is 2. The van der Waals surface area contributed by atoms with E-state index in [1.54, 1.807) is 12.5 Å². The number of hydrogen-bond acceptors (Lipinski definition) is 5. The van der Waals surface area contributed by atoms with Crippen molar-refractivity contribution in [3.63, 3.8) is 0 Å². The predicted octanol–water partition coefficient (Wildman–Crippen LogP) is 4.36. The first-order chi connectivity index (χ1) is 12.7. The molecule has 6 nitrogen and oxygen atoms in total. The van der Waals surface area contributed by atoms with E-state index in [1.807, 2.05) is 41.8 Å². The van der Waals surface area contributed by atoms with Gasteiger partial charge in [0.15, 0.2) is 11.4 Å². The molecule has 0 bridgehead atoms. The van der Waals surface area contributed by atoms with E-state index in [1.165, 1.54) is 5.56 Å². The molecule has 0 saturated carbocycles. The van der Waals surface area contributed by atoms with Gasteiger partial charge in [-0.25, -0.2) is 4.98 Å². The van der Waals surface area contributed by atoms with Crippen LogP contribution in [-0.2, 0) is 6.42 Å². The number of benzene rings is 1. The van der Waals surface area contributed by atoms with Crippen molar-refractivity contribution in [1.82, 2.24) is 14.4 Å². The molecule has 6 heteroatoms. The molecule has 0 aliphatic heterocycles. The topological polar surface area (TPSA) is 79.2 Å². The lowest BCUT2D eigenvalue weighted by atomic mass is 10.1. The number of aryl methyl sites for hydroxylation is 2. The van der Waals surface area contributed by atoms with Crippen molar-refractivity contribution < 1.29 is 4.42 Å². The first kappa shape index (κ1) is 14.9. The average molecular weight is 343 g/mol. The number of nitrogens with zero attached hydrogens (tertiary/aromatic N) is 3. The van der Waals surface area contributed by atoms with Gasteiger partial charge in [-0.1, -0.05) is 6.07 Å². The normalized spacial score (nSPS) is 13.3. The molecule has 0 atom stereocenters. The maximum absolute atomic E-state index is 8.00. The molecule has 4 aromatic rings. The fraction of sp³-hybridized carbons (Fsp3) is 0.150. The van der Waals surface area contributed by atoms with Crippen LogP contribution in [0, 0.1) is 12.3 Å². The third-order valence-corrected chi connectivity index (χ3v) is 4.81. The molecule has 1 aliphatic carbocycles. The van der Waals surface area contributed by atoms with Crippen molar-refractivity contribution in [2.75, 3.05) is 5.32 Å². The fourth-order valence-corrected chi connectivity index (χ4v) is 3.51. The van der Waals surface area contributed by atoms with Crippen molar-refractivity contribution in [2.45, 2.75) is 19.8 Å². The summed E-state index contributed by atoms with van der Waals surface area (Å²) in [7, 11) is 0. The van der Waals surface area contributed by atoms with E-state index in [0.717, 1.165) is 52.7 Å². The summed E-state index contributed by atoms with van der Waals surface area (Å²) < 4.78 is 7.59. The highest BCUT2D eigenvalue weighted by molar-refractivity contribution is 6.02. The SMILES string of the molecule is Cc1nccn2c(Nc3ccc4c(c3)CCC4=N)c(-c3ccco3)nc12. The molecule has 128 valence electrons. The summed E-state index contributed by atoms with van der Waals surface area (Å²) in [5.74, 6) is 1.55. The number of furan rings is 1. The highest BCUT2D eigenvalue weighted by Crippen LogP contribution is 2.33. The highest BCUT2D eigenvalue weighted by atomic mass is 16.3. The van der Waals surface area contributed by atoms with E-state index in [2.05, 4.69) is 16.4 Å². The van der Waals surface area contributed by atoms with Crippen molar-refractivity contribution >= 4 is 22.9 Å². The zero-order valence-electron chi connectivity index (χ0n) is 14.3. The molecule has 0 saturated heterocycles. The Labute approximate surface area is 150 Å². The lowest BCUT2D eigenvalue weighted by Gasteiger charge is -2.10. The zero-order chi connectivity index (χ0) is 17.7. The second-order valence-electron chi connectivity index (χ2n) is 6.47. The van der Waals surface area contributed by atoms with Crippen LogP contribution in [0.25, 0.3) is 17.1 Å². The van der Waals surface area contributed by atoms with E-state index in [4.69, 9.17) is 14.8 Å². The van der Waals surface area contributed by atoms with Crippen LogP contribution in [-0.4, -0.2) is 20.1 Å². The molecule has 3 heterocycles. The maximum Gasteiger partial charge on any atom is 0.160 e. The summed E-state index contributed by atoms with van der Waals surface area (Å²) in [6.45, 7) is 1.94. The largest absolute Gasteiger partial charge is 0.463 e. The first-order valence-corrected chi connectivity index (χ1v) is 8.56. The van der Waals surface area contributed by atoms with Crippen LogP contribution in [0.2, 0.25) is 0 Å². The van der Waals surface area contributed by atoms with E-state index in [9.17, 15) is 0 Å². The van der Waals surface area contributed by atoms with Crippen LogP contribution >= 0.6 is 0 Å². The summed E-state index contributed by atoms with van der Waals surface area (Å²) in [5, 5.41) is 11.5. The van der Waals surface area contributed by atoms with Crippen LogP contribution < -0.4 is 5.32 Å². The molecule has 3 aromatic heterocycles. The van der Waals surface area contributed by atoms with Crippen LogP contribution in [0.3, 0.4) is 0 Å². The number of anilines is 2. The Morgan fingerprint density at radius 2 is 2.15 bits per heavy atom. The maximum atomic E-state index is 8.00. The second kappa shape index (κ2) is 5.56. The van der Waals surface area contributed by atoms with Crippen molar-refractivity contribution in [3.05, 3.63) is 65.8 Å². The van der Waals surface area contributed by atoms with Crippen LogP contribution in [0.5, 0.6) is 0 Å². The summed E-state index contributed by atoms with van der Waals surface area (Å²) in [6.07, 6.45) is 7.05. The van der Waals surface area contributed by atoms with Crippen molar-refractivity contribution in [3.8, 4) is 11.5 Å². The van der Waals surface area contributed by atoms with Crippen LogP contribution in [0.4, 0.5) is 11.5 Å². The Bertz CT molecular complexity index is 1140. The van der Waals surface area contributed by atoms with E-state index in [-0.39, 0.29) is 0 Å². The van der Waals surface area contributed by atoms with Crippen LogP contribution in [0.15, 0.2) is 53.4 Å². The van der Waals surface area contributed by atoms with Crippen LogP contribution in [0.1, 0.15) is 23.2 Å². The zero-order valence-corrected chi connectivity index (χ0v) is 14.3. The van der Waals surface area contributed by atoms with Gasteiger partial charge in [-0.3, -0.25) is 9.38 Å². The minimum Gasteiger partial charge on any atom is -0.463 e. The van der Waals surface area contributed by atoms with Gasteiger partial charge in [-0.15, -0.1) is 0 Å². The first-order valence-electron chi connectivity index (χ1n) is 8.56. The Hall–Kier alpha value is -3.41.